The number of ether oxygens (including phenoxy) is 2. The second-order valence-electron chi connectivity index (χ2n) is 9.33. The number of aliphatic hydroxyl groups excluding tert-OH is 1. The van der Waals surface area contributed by atoms with Crippen molar-refractivity contribution in [1.29, 1.82) is 0 Å². The van der Waals surface area contributed by atoms with Crippen molar-refractivity contribution in [1.82, 2.24) is 4.72 Å². The Morgan fingerprint density at radius 1 is 1.03 bits per heavy atom. The zero-order chi connectivity index (χ0) is 24.7. The zero-order valence-corrected chi connectivity index (χ0v) is 21.0. The van der Waals surface area contributed by atoms with Gasteiger partial charge in [-0.25, -0.2) is 13.1 Å². The molecule has 2 fully saturated rings. The van der Waals surface area contributed by atoms with E-state index in [0.717, 1.165) is 37.7 Å². The van der Waals surface area contributed by atoms with Crippen LogP contribution in [-0.4, -0.2) is 50.6 Å². The Hall–Kier alpha value is -2.21. The van der Waals surface area contributed by atoms with Crippen molar-refractivity contribution in [2.24, 2.45) is 0 Å². The summed E-state index contributed by atoms with van der Waals surface area (Å²) in [6.45, 7) is 2.08. The third kappa shape index (κ3) is 6.93. The van der Waals surface area contributed by atoms with E-state index in [1.54, 1.807) is 30.3 Å². The van der Waals surface area contributed by atoms with Gasteiger partial charge in [0.25, 0.3) is 0 Å². The molecule has 35 heavy (non-hydrogen) atoms. The predicted molar refractivity (Wildman–Crippen MR) is 135 cm³/mol. The molecule has 0 saturated carbocycles. The lowest BCUT2D eigenvalue weighted by atomic mass is 9.89. The molecule has 2 aliphatic heterocycles. The molecule has 2 saturated heterocycles. The van der Waals surface area contributed by atoms with Crippen molar-refractivity contribution in [2.45, 2.75) is 87.2 Å². The molecular weight excluding hydrogens is 462 g/mol. The summed E-state index contributed by atoms with van der Waals surface area (Å²) in [5.41, 5.74) is 2.17. The van der Waals surface area contributed by atoms with Crippen LogP contribution in [0.25, 0.3) is 0 Å². The van der Waals surface area contributed by atoms with Gasteiger partial charge in [-0.05, 0) is 68.4 Å². The summed E-state index contributed by atoms with van der Waals surface area (Å²) in [6.07, 6.45) is 4.66. The molecular formula is C28H35NO5S. The first kappa shape index (κ1) is 25.9. The molecule has 0 radical (unpaired) electrons. The highest BCUT2D eigenvalue weighted by Gasteiger charge is 2.43. The summed E-state index contributed by atoms with van der Waals surface area (Å²) < 4.78 is 41.5. The molecule has 0 aliphatic carbocycles. The number of unbranched alkanes of at least 4 members (excludes halogenated alkanes) is 1. The molecule has 7 heteroatoms. The lowest BCUT2D eigenvalue weighted by molar-refractivity contribution is -0.200. The lowest BCUT2D eigenvalue weighted by Gasteiger charge is -2.45. The number of rotatable bonds is 8. The molecule has 0 bridgehead atoms. The van der Waals surface area contributed by atoms with E-state index in [9.17, 15) is 13.5 Å². The van der Waals surface area contributed by atoms with Crippen LogP contribution < -0.4 is 4.72 Å². The Bertz CT molecular complexity index is 1110. The van der Waals surface area contributed by atoms with Crippen LogP contribution in [0.3, 0.4) is 0 Å². The number of sulfonamides is 1. The zero-order valence-electron chi connectivity index (χ0n) is 20.2. The summed E-state index contributed by atoms with van der Waals surface area (Å²) >= 11 is 0. The van der Waals surface area contributed by atoms with Crippen LogP contribution >= 0.6 is 0 Å². The Morgan fingerprint density at radius 3 is 2.51 bits per heavy atom. The molecule has 188 valence electrons. The van der Waals surface area contributed by atoms with Crippen LogP contribution in [-0.2, 0) is 25.9 Å². The number of aryl methyl sites for hydroxylation is 1. The minimum Gasteiger partial charge on any atom is -0.394 e. The number of hydrogen-bond donors (Lipinski definition) is 2. The highest BCUT2D eigenvalue weighted by Crippen LogP contribution is 2.33. The van der Waals surface area contributed by atoms with Gasteiger partial charge >= 0.3 is 0 Å². The highest BCUT2D eigenvalue weighted by molar-refractivity contribution is 7.89. The number of aliphatic hydroxyl groups is 1. The number of hydrogen-bond acceptors (Lipinski definition) is 5. The number of fused-ring (bicyclic) bond motifs is 1. The van der Waals surface area contributed by atoms with Crippen LogP contribution in [0.1, 0.15) is 56.6 Å². The van der Waals surface area contributed by atoms with Crippen LogP contribution in [0, 0.1) is 11.8 Å². The third-order valence-electron chi connectivity index (χ3n) is 6.68. The number of benzene rings is 2. The molecule has 5 atom stereocenters. The minimum atomic E-state index is -3.70. The van der Waals surface area contributed by atoms with E-state index < -0.39 is 16.1 Å². The maximum absolute atomic E-state index is 13.1. The van der Waals surface area contributed by atoms with Crippen molar-refractivity contribution >= 4 is 10.0 Å². The summed E-state index contributed by atoms with van der Waals surface area (Å²) in [7, 11) is -3.70. The van der Waals surface area contributed by atoms with Crippen molar-refractivity contribution in [3.8, 4) is 11.8 Å². The highest BCUT2D eigenvalue weighted by atomic mass is 32.2. The average molecular weight is 498 g/mol. The first-order chi connectivity index (χ1) is 17.0. The SMILES string of the molecule is CCCC#Cc1ccc(CC[C@H]2O[C@H]3CC[C@@H](CO)O[C@H]3C[C@H]2NS(=O)(=O)c2ccccc2)cc1. The van der Waals surface area contributed by atoms with Gasteiger partial charge in [-0.2, -0.15) is 0 Å². The fraction of sp³-hybridized carbons (Fsp3) is 0.500. The predicted octanol–water partition coefficient (Wildman–Crippen LogP) is 3.82. The van der Waals surface area contributed by atoms with Gasteiger partial charge < -0.3 is 14.6 Å². The van der Waals surface area contributed by atoms with E-state index in [2.05, 4.69) is 35.6 Å². The van der Waals surface area contributed by atoms with E-state index in [1.165, 1.54) is 5.56 Å². The van der Waals surface area contributed by atoms with E-state index in [-0.39, 0.29) is 35.9 Å². The van der Waals surface area contributed by atoms with Gasteiger partial charge in [0.15, 0.2) is 0 Å². The molecule has 2 N–H and O–H groups in total. The van der Waals surface area contributed by atoms with E-state index >= 15 is 0 Å². The standard InChI is InChI=1S/C28H35NO5S/c1-2-3-5-8-21-11-13-22(14-12-21)15-17-26-25(29-35(31,32)24-9-6-4-7-10-24)19-28-27(34-26)18-16-23(20-30)33-28/h4,6-7,9-14,23,25-30H,2-3,15-20H2,1H3/t23-,25+,26+,27-,28-/m0/s1. The first-order valence-corrected chi connectivity index (χ1v) is 14.0. The van der Waals surface area contributed by atoms with Crippen molar-refractivity contribution in [3.05, 3.63) is 65.7 Å². The largest absolute Gasteiger partial charge is 0.394 e. The Kier molecular flexibility index (Phi) is 8.99. The fourth-order valence-electron chi connectivity index (χ4n) is 4.77. The van der Waals surface area contributed by atoms with Gasteiger partial charge in [0.1, 0.15) is 0 Å². The molecule has 2 heterocycles. The summed E-state index contributed by atoms with van der Waals surface area (Å²) in [5.74, 6) is 6.35. The van der Waals surface area contributed by atoms with Crippen molar-refractivity contribution < 1.29 is 23.0 Å². The average Bonchev–Trinajstić information content (AvgIpc) is 2.88. The van der Waals surface area contributed by atoms with E-state index in [1.807, 2.05) is 12.1 Å². The van der Waals surface area contributed by atoms with Gasteiger partial charge in [-0.3, -0.25) is 0 Å². The summed E-state index contributed by atoms with van der Waals surface area (Å²) in [4.78, 5) is 0.235. The second-order valence-corrected chi connectivity index (χ2v) is 11.0. The summed E-state index contributed by atoms with van der Waals surface area (Å²) in [6, 6.07) is 16.2. The van der Waals surface area contributed by atoms with Crippen molar-refractivity contribution in [2.75, 3.05) is 6.61 Å². The quantitative estimate of drug-likeness (QED) is 0.542. The van der Waals surface area contributed by atoms with E-state index in [4.69, 9.17) is 9.47 Å². The second kappa shape index (κ2) is 12.2. The van der Waals surface area contributed by atoms with Gasteiger partial charge in [0.2, 0.25) is 10.0 Å². The molecule has 2 aromatic carbocycles. The normalized spacial score (nSPS) is 26.4. The van der Waals surface area contributed by atoms with Crippen molar-refractivity contribution in [3.63, 3.8) is 0 Å². The van der Waals surface area contributed by atoms with Gasteiger partial charge in [0, 0.05) is 12.0 Å². The molecule has 0 unspecified atom stereocenters. The molecule has 0 amide bonds. The molecule has 2 aromatic rings. The molecule has 0 aromatic heterocycles. The fourth-order valence-corrected chi connectivity index (χ4v) is 6.07. The van der Waals surface area contributed by atoms with Crippen LogP contribution in [0.5, 0.6) is 0 Å². The van der Waals surface area contributed by atoms with Gasteiger partial charge in [0.05, 0.1) is 42.0 Å². The Balaban J connectivity index is 1.46. The maximum atomic E-state index is 13.1. The molecule has 4 rings (SSSR count). The third-order valence-corrected chi connectivity index (χ3v) is 8.19. The monoisotopic (exact) mass is 497 g/mol. The Morgan fingerprint density at radius 2 is 1.80 bits per heavy atom. The summed E-state index contributed by atoms with van der Waals surface area (Å²) in [5, 5.41) is 9.54. The Labute approximate surface area is 209 Å². The van der Waals surface area contributed by atoms with Gasteiger partial charge in [-0.1, -0.05) is 49.1 Å². The van der Waals surface area contributed by atoms with Crippen LogP contribution in [0.4, 0.5) is 0 Å². The van der Waals surface area contributed by atoms with Gasteiger partial charge in [-0.15, -0.1) is 0 Å². The molecule has 6 nitrogen and oxygen atoms in total. The molecule has 0 spiro atoms. The minimum absolute atomic E-state index is 0.0358. The topological polar surface area (TPSA) is 84.9 Å². The first-order valence-electron chi connectivity index (χ1n) is 12.6. The van der Waals surface area contributed by atoms with Crippen LogP contribution in [0.2, 0.25) is 0 Å². The van der Waals surface area contributed by atoms with Crippen LogP contribution in [0.15, 0.2) is 59.5 Å². The van der Waals surface area contributed by atoms with E-state index in [0.29, 0.717) is 12.8 Å². The maximum Gasteiger partial charge on any atom is 0.240 e. The number of nitrogens with one attached hydrogen (secondary N) is 1. The lowest BCUT2D eigenvalue weighted by Crippen LogP contribution is -2.57. The smallest absolute Gasteiger partial charge is 0.240 e. The molecule has 2 aliphatic rings.